The Morgan fingerprint density at radius 3 is 2.50 bits per heavy atom. The summed E-state index contributed by atoms with van der Waals surface area (Å²) in [6, 6.07) is 0.764. The molecule has 1 saturated carbocycles. The van der Waals surface area contributed by atoms with Gasteiger partial charge in [0, 0.05) is 6.04 Å². The van der Waals surface area contributed by atoms with Crippen molar-refractivity contribution in [1.82, 2.24) is 4.90 Å². The van der Waals surface area contributed by atoms with Crippen LogP contribution in [0.4, 0.5) is 0 Å². The Morgan fingerprint density at radius 2 is 2.12 bits per heavy atom. The van der Waals surface area contributed by atoms with Gasteiger partial charge in [0.25, 0.3) is 0 Å². The van der Waals surface area contributed by atoms with Crippen LogP contribution >= 0.6 is 0 Å². The highest BCUT2D eigenvalue weighted by Gasteiger charge is 2.34. The lowest BCUT2D eigenvalue weighted by Crippen LogP contribution is -2.46. The summed E-state index contributed by atoms with van der Waals surface area (Å²) in [6.45, 7) is 7.61. The Balaban J connectivity index is 2.59. The van der Waals surface area contributed by atoms with E-state index in [0.717, 1.165) is 13.0 Å². The first-order valence-corrected chi connectivity index (χ1v) is 6.33. The molecule has 0 radical (unpaired) electrons. The van der Waals surface area contributed by atoms with Crippen molar-refractivity contribution in [3.05, 3.63) is 0 Å². The van der Waals surface area contributed by atoms with Crippen molar-refractivity contribution in [2.75, 3.05) is 6.54 Å². The maximum atomic E-state index is 8.80. The van der Waals surface area contributed by atoms with Crippen LogP contribution in [0.5, 0.6) is 0 Å². The highest BCUT2D eigenvalue weighted by Crippen LogP contribution is 2.30. The SMILES string of the molecule is CCC(C(N)=NO)N(CCC(C)C)C1CC1. The Kier molecular flexibility index (Phi) is 5.06. The molecule has 0 saturated heterocycles. The van der Waals surface area contributed by atoms with Crippen molar-refractivity contribution in [2.24, 2.45) is 16.8 Å². The minimum Gasteiger partial charge on any atom is -0.409 e. The lowest BCUT2D eigenvalue weighted by atomic mass is 10.1. The van der Waals surface area contributed by atoms with E-state index in [4.69, 9.17) is 10.9 Å². The van der Waals surface area contributed by atoms with Gasteiger partial charge in [-0.15, -0.1) is 0 Å². The van der Waals surface area contributed by atoms with Gasteiger partial charge in [-0.05, 0) is 38.1 Å². The van der Waals surface area contributed by atoms with Gasteiger partial charge in [0.2, 0.25) is 0 Å². The highest BCUT2D eigenvalue weighted by atomic mass is 16.4. The molecule has 1 aliphatic rings. The fourth-order valence-corrected chi connectivity index (χ4v) is 2.09. The van der Waals surface area contributed by atoms with Crippen LogP contribution in [-0.4, -0.2) is 34.6 Å². The topological polar surface area (TPSA) is 61.9 Å². The van der Waals surface area contributed by atoms with E-state index >= 15 is 0 Å². The monoisotopic (exact) mass is 227 g/mol. The molecule has 0 aromatic carbocycles. The van der Waals surface area contributed by atoms with Crippen LogP contribution in [0.2, 0.25) is 0 Å². The summed E-state index contributed by atoms with van der Waals surface area (Å²) in [5.41, 5.74) is 5.76. The molecule has 0 heterocycles. The summed E-state index contributed by atoms with van der Waals surface area (Å²) < 4.78 is 0. The molecule has 1 aliphatic carbocycles. The molecule has 0 amide bonds. The van der Waals surface area contributed by atoms with Crippen molar-refractivity contribution in [3.8, 4) is 0 Å². The van der Waals surface area contributed by atoms with Gasteiger partial charge in [-0.2, -0.15) is 0 Å². The Morgan fingerprint density at radius 1 is 1.50 bits per heavy atom. The van der Waals surface area contributed by atoms with Gasteiger partial charge < -0.3 is 10.9 Å². The van der Waals surface area contributed by atoms with Gasteiger partial charge in [-0.1, -0.05) is 25.9 Å². The second-order valence-electron chi connectivity index (χ2n) is 5.10. The van der Waals surface area contributed by atoms with Gasteiger partial charge in [0.05, 0.1) is 6.04 Å². The number of nitrogens with two attached hydrogens (primary N) is 1. The van der Waals surface area contributed by atoms with Crippen LogP contribution in [0.3, 0.4) is 0 Å². The molecule has 3 N–H and O–H groups in total. The minimum absolute atomic E-state index is 0.108. The minimum atomic E-state index is 0.108. The van der Waals surface area contributed by atoms with Crippen molar-refractivity contribution >= 4 is 5.84 Å². The smallest absolute Gasteiger partial charge is 0.156 e. The zero-order valence-electron chi connectivity index (χ0n) is 10.7. The number of hydrogen-bond donors (Lipinski definition) is 2. The number of amidine groups is 1. The summed E-state index contributed by atoms with van der Waals surface area (Å²) in [5.74, 6) is 1.06. The Bertz CT molecular complexity index is 236. The molecular formula is C12H25N3O. The second kappa shape index (κ2) is 6.09. The third-order valence-corrected chi connectivity index (χ3v) is 3.22. The third kappa shape index (κ3) is 3.67. The number of rotatable bonds is 7. The molecule has 4 nitrogen and oxygen atoms in total. The predicted octanol–water partition coefficient (Wildman–Crippen LogP) is 2.02. The van der Waals surface area contributed by atoms with Crippen LogP contribution in [0.1, 0.15) is 46.5 Å². The van der Waals surface area contributed by atoms with E-state index in [1.54, 1.807) is 0 Å². The van der Waals surface area contributed by atoms with Crippen LogP contribution in [0.15, 0.2) is 5.16 Å². The summed E-state index contributed by atoms with van der Waals surface area (Å²) in [4.78, 5) is 2.41. The second-order valence-corrected chi connectivity index (χ2v) is 5.10. The maximum absolute atomic E-state index is 8.80. The normalized spacial score (nSPS) is 19.4. The molecule has 0 bridgehead atoms. The lowest BCUT2D eigenvalue weighted by molar-refractivity contribution is 0.207. The van der Waals surface area contributed by atoms with E-state index in [1.165, 1.54) is 19.3 Å². The molecule has 1 unspecified atom stereocenters. The average molecular weight is 227 g/mol. The van der Waals surface area contributed by atoms with Crippen LogP contribution in [0.25, 0.3) is 0 Å². The average Bonchev–Trinajstić information content (AvgIpc) is 3.06. The van der Waals surface area contributed by atoms with Crippen LogP contribution in [-0.2, 0) is 0 Å². The molecule has 0 aromatic rings. The van der Waals surface area contributed by atoms with Gasteiger partial charge in [-0.3, -0.25) is 4.90 Å². The molecule has 4 heteroatoms. The quantitative estimate of drug-likeness (QED) is 0.303. The Labute approximate surface area is 98.5 Å². The molecule has 0 spiro atoms. The van der Waals surface area contributed by atoms with Gasteiger partial charge in [0.15, 0.2) is 5.84 Å². The van der Waals surface area contributed by atoms with Crippen molar-refractivity contribution in [2.45, 2.75) is 58.5 Å². The van der Waals surface area contributed by atoms with E-state index < -0.39 is 0 Å². The first-order valence-electron chi connectivity index (χ1n) is 6.33. The van der Waals surface area contributed by atoms with Gasteiger partial charge >= 0.3 is 0 Å². The number of nitrogens with zero attached hydrogens (tertiary/aromatic N) is 2. The highest BCUT2D eigenvalue weighted by molar-refractivity contribution is 5.85. The standard InChI is InChI=1S/C12H25N3O/c1-4-11(12(13)14-16)15(10-5-6-10)8-7-9(2)3/h9-11,16H,4-8H2,1-3H3,(H2,13,14). The van der Waals surface area contributed by atoms with E-state index in [-0.39, 0.29) is 6.04 Å². The van der Waals surface area contributed by atoms with E-state index in [2.05, 4.69) is 30.8 Å². The predicted molar refractivity (Wildman–Crippen MR) is 66.7 cm³/mol. The molecule has 0 aliphatic heterocycles. The Hall–Kier alpha value is -0.770. The summed E-state index contributed by atoms with van der Waals surface area (Å²) in [5, 5.41) is 12.0. The van der Waals surface area contributed by atoms with Crippen molar-refractivity contribution in [3.63, 3.8) is 0 Å². The van der Waals surface area contributed by atoms with E-state index in [9.17, 15) is 0 Å². The molecule has 1 atom stereocenters. The zero-order chi connectivity index (χ0) is 12.1. The summed E-state index contributed by atoms with van der Waals surface area (Å²) in [7, 11) is 0. The zero-order valence-corrected chi connectivity index (χ0v) is 10.7. The maximum Gasteiger partial charge on any atom is 0.156 e. The lowest BCUT2D eigenvalue weighted by Gasteiger charge is -2.30. The number of oxime groups is 1. The molecule has 0 aromatic heterocycles. The van der Waals surface area contributed by atoms with E-state index in [0.29, 0.717) is 17.8 Å². The molecule has 1 rings (SSSR count). The summed E-state index contributed by atoms with van der Waals surface area (Å²) in [6.07, 6.45) is 4.59. The molecule has 1 fully saturated rings. The van der Waals surface area contributed by atoms with E-state index in [1.807, 2.05) is 0 Å². The van der Waals surface area contributed by atoms with Crippen molar-refractivity contribution in [1.29, 1.82) is 0 Å². The first kappa shape index (κ1) is 13.3. The first-order chi connectivity index (χ1) is 7.60. The fourth-order valence-electron chi connectivity index (χ4n) is 2.09. The van der Waals surface area contributed by atoms with Crippen molar-refractivity contribution < 1.29 is 5.21 Å². The van der Waals surface area contributed by atoms with Crippen LogP contribution < -0.4 is 5.73 Å². The molecule has 94 valence electrons. The van der Waals surface area contributed by atoms with Gasteiger partial charge in [0.1, 0.15) is 0 Å². The largest absolute Gasteiger partial charge is 0.409 e. The fraction of sp³-hybridized carbons (Fsp3) is 0.917. The summed E-state index contributed by atoms with van der Waals surface area (Å²) >= 11 is 0. The van der Waals surface area contributed by atoms with Gasteiger partial charge in [-0.25, -0.2) is 0 Å². The number of hydrogen-bond acceptors (Lipinski definition) is 3. The van der Waals surface area contributed by atoms with Crippen LogP contribution in [0, 0.1) is 5.92 Å². The molecule has 16 heavy (non-hydrogen) atoms. The third-order valence-electron chi connectivity index (χ3n) is 3.22. The molecular weight excluding hydrogens is 202 g/mol.